The number of anilines is 2. The average molecular weight is 340 g/mol. The van der Waals surface area contributed by atoms with E-state index < -0.39 is 20.7 Å². The van der Waals surface area contributed by atoms with Crippen LogP contribution in [-0.2, 0) is 14.8 Å². The van der Waals surface area contributed by atoms with E-state index in [1.807, 2.05) is 20.8 Å². The number of fused-ring (bicyclic) bond motifs is 1. The molecule has 0 saturated heterocycles. The van der Waals surface area contributed by atoms with Crippen molar-refractivity contribution in [3.8, 4) is 5.75 Å². The van der Waals surface area contributed by atoms with Crippen LogP contribution in [0.3, 0.4) is 0 Å². The zero-order valence-corrected chi connectivity index (χ0v) is 15.0. The van der Waals surface area contributed by atoms with Crippen molar-refractivity contribution in [3.63, 3.8) is 0 Å². The molecule has 0 radical (unpaired) electrons. The quantitative estimate of drug-likeness (QED) is 0.914. The van der Waals surface area contributed by atoms with Crippen molar-refractivity contribution in [2.75, 3.05) is 22.8 Å². The summed E-state index contributed by atoms with van der Waals surface area (Å²) in [6.07, 6.45) is 0. The minimum Gasteiger partial charge on any atom is -0.490 e. The molecule has 1 aromatic carbocycles. The molecule has 0 aliphatic carbocycles. The van der Waals surface area contributed by atoms with Crippen molar-refractivity contribution in [2.24, 2.45) is 5.41 Å². The smallest absolute Gasteiger partial charge is 0.236 e. The molecule has 1 N–H and O–H groups in total. The first-order chi connectivity index (χ1) is 10.6. The first-order valence-electron chi connectivity index (χ1n) is 7.69. The Balaban J connectivity index is 2.42. The number of carbonyl (C=O) groups is 1. The lowest BCUT2D eigenvalue weighted by molar-refractivity contribution is -0.127. The topological polar surface area (TPSA) is 75.7 Å². The van der Waals surface area contributed by atoms with Gasteiger partial charge < -0.3 is 9.64 Å². The zero-order valence-electron chi connectivity index (χ0n) is 14.2. The molecule has 0 saturated carbocycles. The van der Waals surface area contributed by atoms with E-state index in [0.717, 1.165) is 0 Å². The predicted octanol–water partition coefficient (Wildman–Crippen LogP) is 2.61. The lowest BCUT2D eigenvalue weighted by Crippen LogP contribution is -2.42. The van der Waals surface area contributed by atoms with E-state index in [2.05, 4.69) is 4.72 Å². The van der Waals surface area contributed by atoms with E-state index >= 15 is 0 Å². The number of amides is 1. The van der Waals surface area contributed by atoms with Crippen molar-refractivity contribution in [1.29, 1.82) is 0 Å². The maximum atomic E-state index is 12.6. The lowest BCUT2D eigenvalue weighted by atomic mass is 9.93. The van der Waals surface area contributed by atoms with Gasteiger partial charge in [0.2, 0.25) is 15.9 Å². The van der Waals surface area contributed by atoms with E-state index in [1.54, 1.807) is 36.9 Å². The van der Waals surface area contributed by atoms with Crippen LogP contribution >= 0.6 is 0 Å². The summed E-state index contributed by atoms with van der Waals surface area (Å²) >= 11 is 0. The Bertz CT molecular complexity index is 711. The standard InChI is InChI=1S/C16H24N2O4S/c1-6-18-13-8-7-12(17-23(20,21)11(2)3)9-14(13)22-10-16(4,5)15(18)19/h7-9,11,17H,6,10H2,1-5H3. The summed E-state index contributed by atoms with van der Waals surface area (Å²) in [6.45, 7) is 9.58. The molecule has 0 fully saturated rings. The Morgan fingerprint density at radius 2 is 2.00 bits per heavy atom. The molecule has 1 aliphatic rings. The van der Waals surface area contributed by atoms with Gasteiger partial charge in [-0.1, -0.05) is 0 Å². The highest BCUT2D eigenvalue weighted by molar-refractivity contribution is 7.93. The monoisotopic (exact) mass is 340 g/mol. The number of hydrogen-bond acceptors (Lipinski definition) is 4. The van der Waals surface area contributed by atoms with Gasteiger partial charge in [-0.15, -0.1) is 0 Å². The highest BCUT2D eigenvalue weighted by Crippen LogP contribution is 2.38. The molecule has 1 heterocycles. The number of ether oxygens (including phenoxy) is 1. The van der Waals surface area contributed by atoms with E-state index in [1.165, 1.54) is 0 Å². The molecule has 0 aromatic heterocycles. The minimum absolute atomic E-state index is 0.00531. The van der Waals surface area contributed by atoms with Gasteiger partial charge in [0, 0.05) is 12.6 Å². The van der Waals surface area contributed by atoms with Crippen LogP contribution < -0.4 is 14.4 Å². The third-order valence-electron chi connectivity index (χ3n) is 3.86. The third-order valence-corrected chi connectivity index (χ3v) is 5.62. The lowest BCUT2D eigenvalue weighted by Gasteiger charge is -2.26. The molecule has 7 heteroatoms. The van der Waals surface area contributed by atoms with Gasteiger partial charge in [-0.25, -0.2) is 8.42 Å². The Morgan fingerprint density at radius 1 is 1.35 bits per heavy atom. The number of sulfonamides is 1. The Labute approximate surface area is 137 Å². The fourth-order valence-electron chi connectivity index (χ4n) is 2.31. The Hall–Kier alpha value is -1.76. The van der Waals surface area contributed by atoms with Crippen LogP contribution in [0.5, 0.6) is 5.75 Å². The molecule has 0 unspecified atom stereocenters. The summed E-state index contributed by atoms with van der Waals surface area (Å²) < 4.78 is 32.3. The fourth-order valence-corrected chi connectivity index (χ4v) is 3.00. The van der Waals surface area contributed by atoms with Gasteiger partial charge in [-0.05, 0) is 46.8 Å². The van der Waals surface area contributed by atoms with E-state index in [-0.39, 0.29) is 12.5 Å². The largest absolute Gasteiger partial charge is 0.490 e. The van der Waals surface area contributed by atoms with Crippen LogP contribution in [0.4, 0.5) is 11.4 Å². The summed E-state index contributed by atoms with van der Waals surface area (Å²) in [7, 11) is -3.43. The van der Waals surface area contributed by atoms with Crippen LogP contribution in [-0.4, -0.2) is 32.7 Å². The summed E-state index contributed by atoms with van der Waals surface area (Å²) in [5, 5.41) is -0.533. The van der Waals surface area contributed by atoms with E-state index in [0.29, 0.717) is 23.7 Å². The molecular weight excluding hydrogens is 316 g/mol. The first kappa shape index (κ1) is 17.6. The first-order valence-corrected chi connectivity index (χ1v) is 9.23. The van der Waals surface area contributed by atoms with Crippen LogP contribution in [0, 0.1) is 5.41 Å². The van der Waals surface area contributed by atoms with Crippen molar-refractivity contribution in [3.05, 3.63) is 18.2 Å². The predicted molar refractivity (Wildman–Crippen MR) is 91.4 cm³/mol. The second-order valence-electron chi connectivity index (χ2n) is 6.60. The van der Waals surface area contributed by atoms with Gasteiger partial charge in [0.15, 0.2) is 0 Å². The maximum Gasteiger partial charge on any atom is 0.236 e. The molecule has 0 spiro atoms. The number of nitrogens with one attached hydrogen (secondary N) is 1. The zero-order chi connectivity index (χ0) is 17.4. The normalized spacial score (nSPS) is 17.5. The molecule has 128 valence electrons. The van der Waals surface area contributed by atoms with Crippen LogP contribution in [0.2, 0.25) is 0 Å². The number of rotatable bonds is 4. The summed E-state index contributed by atoms with van der Waals surface area (Å²) in [5.41, 5.74) is 0.461. The number of hydrogen-bond donors (Lipinski definition) is 1. The second kappa shape index (κ2) is 6.03. The van der Waals surface area contributed by atoms with Crippen LogP contribution in [0.25, 0.3) is 0 Å². The van der Waals surface area contributed by atoms with Gasteiger partial charge in [-0.3, -0.25) is 9.52 Å². The molecule has 23 heavy (non-hydrogen) atoms. The number of carbonyl (C=O) groups excluding carboxylic acids is 1. The van der Waals surface area contributed by atoms with Crippen molar-refractivity contribution >= 4 is 27.3 Å². The highest BCUT2D eigenvalue weighted by Gasteiger charge is 2.37. The highest BCUT2D eigenvalue weighted by atomic mass is 32.2. The van der Waals surface area contributed by atoms with Gasteiger partial charge >= 0.3 is 0 Å². The van der Waals surface area contributed by atoms with E-state index in [4.69, 9.17) is 4.74 Å². The molecule has 1 amide bonds. The van der Waals surface area contributed by atoms with Crippen molar-refractivity contribution < 1.29 is 17.9 Å². The van der Waals surface area contributed by atoms with Gasteiger partial charge in [-0.2, -0.15) is 0 Å². The molecule has 0 atom stereocenters. The molecular formula is C16H24N2O4S. The summed E-state index contributed by atoms with van der Waals surface area (Å²) in [6, 6.07) is 5.00. The van der Waals surface area contributed by atoms with Crippen LogP contribution in [0.1, 0.15) is 34.6 Å². The molecule has 6 nitrogen and oxygen atoms in total. The summed E-state index contributed by atoms with van der Waals surface area (Å²) in [4.78, 5) is 14.3. The van der Waals surface area contributed by atoms with Gasteiger partial charge in [0.1, 0.15) is 12.4 Å². The van der Waals surface area contributed by atoms with Crippen molar-refractivity contribution in [2.45, 2.75) is 39.9 Å². The molecule has 0 bridgehead atoms. The van der Waals surface area contributed by atoms with E-state index in [9.17, 15) is 13.2 Å². The number of benzene rings is 1. The SMILES string of the molecule is CCN1C(=O)C(C)(C)COc2cc(NS(=O)(=O)C(C)C)ccc21. The summed E-state index contributed by atoms with van der Waals surface area (Å²) in [5.74, 6) is 0.504. The third kappa shape index (κ3) is 3.44. The average Bonchev–Trinajstić information content (AvgIpc) is 2.55. The molecule has 1 aromatic rings. The maximum absolute atomic E-state index is 12.6. The van der Waals surface area contributed by atoms with Crippen molar-refractivity contribution in [1.82, 2.24) is 0 Å². The second-order valence-corrected chi connectivity index (χ2v) is 8.84. The van der Waals surface area contributed by atoms with Crippen LogP contribution in [0.15, 0.2) is 18.2 Å². The Kier molecular flexibility index (Phi) is 4.61. The van der Waals surface area contributed by atoms with Gasteiger partial charge in [0.05, 0.1) is 22.0 Å². The minimum atomic E-state index is -3.43. The Morgan fingerprint density at radius 3 is 2.57 bits per heavy atom. The van der Waals surface area contributed by atoms with Gasteiger partial charge in [0.25, 0.3) is 0 Å². The number of nitrogens with zero attached hydrogens (tertiary/aromatic N) is 1. The fraction of sp³-hybridized carbons (Fsp3) is 0.562. The molecule has 2 rings (SSSR count). The molecule has 1 aliphatic heterocycles.